The summed E-state index contributed by atoms with van der Waals surface area (Å²) in [6, 6.07) is 14.9. The number of methoxy groups -OCH3 is 1. The molecule has 140 valence electrons. The summed E-state index contributed by atoms with van der Waals surface area (Å²) < 4.78 is 10.5. The van der Waals surface area contributed by atoms with Crippen LogP contribution in [0.2, 0.25) is 0 Å². The van der Waals surface area contributed by atoms with Gasteiger partial charge in [0.05, 0.1) is 7.11 Å². The molecular formula is C21H23N3O3. The first-order valence-electron chi connectivity index (χ1n) is 8.82. The molecule has 0 spiro atoms. The van der Waals surface area contributed by atoms with Crippen LogP contribution in [0.15, 0.2) is 53.1 Å². The molecule has 0 aliphatic heterocycles. The summed E-state index contributed by atoms with van der Waals surface area (Å²) in [5.74, 6) is 1.58. The Bertz CT molecular complexity index is 899. The molecular weight excluding hydrogens is 342 g/mol. The highest BCUT2D eigenvalue weighted by Crippen LogP contribution is 2.21. The minimum atomic E-state index is -0.0609. The normalized spacial score (nSPS) is 10.9. The summed E-state index contributed by atoms with van der Waals surface area (Å²) >= 11 is 0. The fourth-order valence-corrected chi connectivity index (χ4v) is 2.67. The van der Waals surface area contributed by atoms with E-state index in [1.54, 1.807) is 12.0 Å². The lowest BCUT2D eigenvalue weighted by molar-refractivity contribution is 0.0667. The SMILES string of the molecule is COc1ccc(-c2noc(CN(C(=O)c3ccc(C)cc3)C(C)C)n2)cc1. The van der Waals surface area contributed by atoms with Gasteiger partial charge in [0.15, 0.2) is 0 Å². The third-order valence-corrected chi connectivity index (χ3v) is 4.30. The van der Waals surface area contributed by atoms with Crippen LogP contribution in [0.3, 0.4) is 0 Å². The van der Waals surface area contributed by atoms with Gasteiger partial charge in [-0.1, -0.05) is 22.9 Å². The number of aryl methyl sites for hydroxylation is 1. The first-order valence-corrected chi connectivity index (χ1v) is 8.82. The number of amides is 1. The summed E-state index contributed by atoms with van der Waals surface area (Å²) in [6.45, 7) is 6.18. The molecule has 1 aromatic heterocycles. The maximum absolute atomic E-state index is 12.9. The molecule has 27 heavy (non-hydrogen) atoms. The molecule has 0 fully saturated rings. The van der Waals surface area contributed by atoms with Crippen LogP contribution < -0.4 is 4.74 Å². The Morgan fingerprint density at radius 3 is 2.37 bits per heavy atom. The van der Waals surface area contributed by atoms with Crippen molar-refractivity contribution in [2.24, 2.45) is 0 Å². The average molecular weight is 365 g/mol. The number of nitrogens with zero attached hydrogens (tertiary/aromatic N) is 3. The second-order valence-corrected chi connectivity index (χ2v) is 6.63. The van der Waals surface area contributed by atoms with Crippen molar-refractivity contribution >= 4 is 5.91 Å². The molecule has 0 aliphatic carbocycles. The van der Waals surface area contributed by atoms with Gasteiger partial charge in [0.25, 0.3) is 5.91 Å². The Morgan fingerprint density at radius 2 is 1.78 bits per heavy atom. The number of ether oxygens (including phenoxy) is 1. The van der Waals surface area contributed by atoms with Gasteiger partial charge in [-0.15, -0.1) is 0 Å². The van der Waals surface area contributed by atoms with Crippen molar-refractivity contribution < 1.29 is 14.1 Å². The van der Waals surface area contributed by atoms with Crippen LogP contribution in [0.25, 0.3) is 11.4 Å². The monoisotopic (exact) mass is 365 g/mol. The van der Waals surface area contributed by atoms with Crippen LogP contribution >= 0.6 is 0 Å². The number of hydrogen-bond donors (Lipinski definition) is 0. The quantitative estimate of drug-likeness (QED) is 0.658. The molecule has 1 heterocycles. The van der Waals surface area contributed by atoms with E-state index in [-0.39, 0.29) is 18.5 Å². The fourth-order valence-electron chi connectivity index (χ4n) is 2.67. The number of hydrogen-bond acceptors (Lipinski definition) is 5. The van der Waals surface area contributed by atoms with Crippen molar-refractivity contribution in [1.29, 1.82) is 0 Å². The van der Waals surface area contributed by atoms with E-state index in [4.69, 9.17) is 9.26 Å². The van der Waals surface area contributed by atoms with E-state index in [0.29, 0.717) is 17.3 Å². The summed E-state index contributed by atoms with van der Waals surface area (Å²) in [7, 11) is 1.62. The lowest BCUT2D eigenvalue weighted by Crippen LogP contribution is -2.36. The van der Waals surface area contributed by atoms with Gasteiger partial charge in [-0.3, -0.25) is 4.79 Å². The van der Waals surface area contributed by atoms with Gasteiger partial charge in [-0.05, 0) is 57.2 Å². The van der Waals surface area contributed by atoms with Crippen LogP contribution in [-0.4, -0.2) is 34.1 Å². The third-order valence-electron chi connectivity index (χ3n) is 4.30. The highest BCUT2D eigenvalue weighted by molar-refractivity contribution is 5.94. The van der Waals surface area contributed by atoms with E-state index in [9.17, 15) is 4.79 Å². The van der Waals surface area contributed by atoms with Gasteiger partial charge >= 0.3 is 0 Å². The summed E-state index contributed by atoms with van der Waals surface area (Å²) in [4.78, 5) is 19.0. The van der Waals surface area contributed by atoms with Crippen molar-refractivity contribution in [3.05, 3.63) is 65.5 Å². The number of rotatable bonds is 6. The highest BCUT2D eigenvalue weighted by Gasteiger charge is 2.22. The first-order chi connectivity index (χ1) is 13.0. The smallest absolute Gasteiger partial charge is 0.254 e. The Balaban J connectivity index is 1.78. The molecule has 0 atom stereocenters. The molecule has 0 radical (unpaired) electrons. The molecule has 2 aromatic carbocycles. The predicted molar refractivity (Wildman–Crippen MR) is 102 cm³/mol. The van der Waals surface area contributed by atoms with Gasteiger partial charge in [-0.2, -0.15) is 4.98 Å². The number of carbonyl (C=O) groups is 1. The maximum atomic E-state index is 12.9. The summed E-state index contributed by atoms with van der Waals surface area (Å²) in [5.41, 5.74) is 2.58. The van der Waals surface area contributed by atoms with Gasteiger partial charge in [0, 0.05) is 17.2 Å². The molecule has 3 aromatic rings. The molecule has 6 heteroatoms. The number of carbonyl (C=O) groups excluding carboxylic acids is 1. The maximum Gasteiger partial charge on any atom is 0.254 e. The van der Waals surface area contributed by atoms with E-state index in [1.807, 2.05) is 69.3 Å². The van der Waals surface area contributed by atoms with E-state index < -0.39 is 0 Å². The Kier molecular flexibility index (Phi) is 5.54. The first kappa shape index (κ1) is 18.6. The molecule has 0 bridgehead atoms. The fraction of sp³-hybridized carbons (Fsp3) is 0.286. The highest BCUT2D eigenvalue weighted by atomic mass is 16.5. The van der Waals surface area contributed by atoms with Crippen molar-refractivity contribution in [3.8, 4) is 17.1 Å². The standard InChI is InChI=1S/C21H23N3O3/c1-14(2)24(21(25)17-7-5-15(3)6-8-17)13-19-22-20(23-27-19)16-9-11-18(26-4)12-10-16/h5-12,14H,13H2,1-4H3. The second-order valence-electron chi connectivity index (χ2n) is 6.63. The zero-order chi connectivity index (χ0) is 19.4. The molecule has 0 saturated heterocycles. The number of aromatic nitrogens is 2. The lowest BCUT2D eigenvalue weighted by Gasteiger charge is -2.25. The van der Waals surface area contributed by atoms with Crippen LogP contribution in [0.4, 0.5) is 0 Å². The number of benzene rings is 2. The zero-order valence-corrected chi connectivity index (χ0v) is 16.0. The molecule has 0 aliphatic rings. The summed E-state index contributed by atoms with van der Waals surface area (Å²) in [5, 5.41) is 4.03. The minimum Gasteiger partial charge on any atom is -0.497 e. The van der Waals surface area contributed by atoms with E-state index in [1.165, 1.54) is 0 Å². The van der Waals surface area contributed by atoms with Crippen LogP contribution in [0.1, 0.15) is 35.7 Å². The molecule has 3 rings (SSSR count). The van der Waals surface area contributed by atoms with Gasteiger partial charge in [0.1, 0.15) is 12.3 Å². The van der Waals surface area contributed by atoms with Gasteiger partial charge < -0.3 is 14.2 Å². The third kappa shape index (κ3) is 4.34. The largest absolute Gasteiger partial charge is 0.497 e. The van der Waals surface area contributed by atoms with Gasteiger partial charge in [0.2, 0.25) is 11.7 Å². The molecule has 0 N–H and O–H groups in total. The van der Waals surface area contributed by atoms with Crippen LogP contribution in [0, 0.1) is 6.92 Å². The van der Waals surface area contributed by atoms with E-state index in [2.05, 4.69) is 10.1 Å². The van der Waals surface area contributed by atoms with Crippen LogP contribution in [-0.2, 0) is 6.54 Å². The lowest BCUT2D eigenvalue weighted by atomic mass is 10.1. The van der Waals surface area contributed by atoms with Crippen molar-refractivity contribution in [3.63, 3.8) is 0 Å². The molecule has 1 amide bonds. The average Bonchev–Trinajstić information content (AvgIpc) is 3.15. The minimum absolute atomic E-state index is 0.00450. The van der Waals surface area contributed by atoms with Crippen molar-refractivity contribution in [1.82, 2.24) is 15.0 Å². The zero-order valence-electron chi connectivity index (χ0n) is 16.0. The molecule has 6 nitrogen and oxygen atoms in total. The van der Waals surface area contributed by atoms with Crippen molar-refractivity contribution in [2.45, 2.75) is 33.4 Å². The van der Waals surface area contributed by atoms with E-state index >= 15 is 0 Å². The van der Waals surface area contributed by atoms with E-state index in [0.717, 1.165) is 16.9 Å². The van der Waals surface area contributed by atoms with Gasteiger partial charge in [-0.25, -0.2) is 0 Å². The predicted octanol–water partition coefficient (Wildman–Crippen LogP) is 4.10. The second kappa shape index (κ2) is 8.03. The molecule has 0 saturated carbocycles. The molecule has 0 unspecified atom stereocenters. The van der Waals surface area contributed by atoms with Crippen molar-refractivity contribution in [2.75, 3.05) is 7.11 Å². The Labute approximate surface area is 158 Å². The Hall–Kier alpha value is -3.15. The topological polar surface area (TPSA) is 68.5 Å². The Morgan fingerprint density at radius 1 is 1.11 bits per heavy atom. The van der Waals surface area contributed by atoms with Crippen LogP contribution in [0.5, 0.6) is 5.75 Å². The summed E-state index contributed by atoms with van der Waals surface area (Å²) in [6.07, 6.45) is 0.